The van der Waals surface area contributed by atoms with Gasteiger partial charge in [-0.15, -0.1) is 0 Å². The summed E-state index contributed by atoms with van der Waals surface area (Å²) in [6.07, 6.45) is 8.14. The molecule has 0 N–H and O–H groups in total. The average molecular weight is 742 g/mol. The van der Waals surface area contributed by atoms with Gasteiger partial charge in [0.15, 0.2) is 5.78 Å². The third-order valence-corrected chi connectivity index (χ3v) is 13.9. The molecule has 8 nitrogen and oxygen atoms in total. The van der Waals surface area contributed by atoms with Crippen LogP contribution in [0.15, 0.2) is 83.2 Å². The number of halogens is 1. The van der Waals surface area contributed by atoms with Crippen molar-refractivity contribution < 1.29 is 23.3 Å². The van der Waals surface area contributed by atoms with Gasteiger partial charge in [0.25, 0.3) is 5.91 Å². The molecule has 274 valence electrons. The summed E-state index contributed by atoms with van der Waals surface area (Å²) in [6.45, 7) is 6.39. The molecular formula is C42H48ClN3O5S. The molecule has 1 spiro atoms. The number of amides is 1. The number of ketones is 1. The number of allylic oxidation sites excluding steroid dienone is 1. The number of ether oxygens (including phenoxy) is 2. The van der Waals surface area contributed by atoms with Gasteiger partial charge in [0.2, 0.25) is 0 Å². The fourth-order valence-electron chi connectivity index (χ4n) is 8.40. The number of hydrogen-bond donors (Lipinski definition) is 0. The predicted molar refractivity (Wildman–Crippen MR) is 210 cm³/mol. The van der Waals surface area contributed by atoms with Crippen molar-refractivity contribution in [2.75, 3.05) is 43.2 Å². The summed E-state index contributed by atoms with van der Waals surface area (Å²) in [5.74, 6) is -0.00149. The quantitative estimate of drug-likeness (QED) is 0.154. The predicted octanol–water partition coefficient (Wildman–Crippen LogP) is 8.43. The highest BCUT2D eigenvalue weighted by Crippen LogP contribution is 2.45. The number of fused-ring (bicyclic) bond motifs is 4. The normalized spacial score (nSPS) is 27.4. The zero-order valence-corrected chi connectivity index (χ0v) is 32.1. The zero-order valence-electron chi connectivity index (χ0n) is 30.5. The topological polar surface area (TPSA) is 90.2 Å². The van der Waals surface area contributed by atoms with Crippen LogP contribution in [0.4, 0.5) is 5.69 Å². The number of carbonyl (C=O) groups is 2. The van der Waals surface area contributed by atoms with Crippen LogP contribution < -0.4 is 9.64 Å². The lowest BCUT2D eigenvalue weighted by Gasteiger charge is -2.42. The number of hydrogen-bond acceptors (Lipinski definition) is 6. The Labute approximate surface area is 312 Å². The SMILES string of the molecule is CO[C@H]1/C=C/CCC[S@@](=O)(CC(=O)c2cc3ccccc3n2C)=NC(=O)c2ccc3c(c2)N(C[C@H](C)[C@H]1C)C[C@@]1(CCCc2cc(Cl)ccc21)CO3. The van der Waals surface area contributed by atoms with Crippen molar-refractivity contribution in [2.45, 2.75) is 57.5 Å². The molecule has 5 atom stereocenters. The molecule has 3 heterocycles. The van der Waals surface area contributed by atoms with Crippen molar-refractivity contribution in [1.82, 2.24) is 4.57 Å². The number of aryl methyl sites for hydroxylation is 2. The maximum atomic E-state index is 14.6. The first-order valence-electron chi connectivity index (χ1n) is 18.3. The minimum absolute atomic E-state index is 0.118. The Hall–Kier alpha value is -3.92. The summed E-state index contributed by atoms with van der Waals surface area (Å²) in [6, 6.07) is 21.2. The molecule has 2 bridgehead atoms. The average Bonchev–Trinajstić information content (AvgIpc) is 3.39. The lowest BCUT2D eigenvalue weighted by atomic mass is 9.70. The summed E-state index contributed by atoms with van der Waals surface area (Å²) in [5, 5.41) is 1.66. The second-order valence-corrected chi connectivity index (χ2v) is 17.8. The molecule has 2 aliphatic heterocycles. The molecule has 0 fully saturated rings. The maximum absolute atomic E-state index is 14.6. The van der Waals surface area contributed by atoms with Crippen molar-refractivity contribution in [3.05, 3.63) is 106 Å². The molecule has 1 aliphatic carbocycles. The number of aromatic nitrogens is 1. The van der Waals surface area contributed by atoms with E-state index < -0.39 is 15.6 Å². The van der Waals surface area contributed by atoms with Crippen molar-refractivity contribution in [1.29, 1.82) is 0 Å². The van der Waals surface area contributed by atoms with Gasteiger partial charge in [0, 0.05) is 59.9 Å². The molecule has 0 saturated carbocycles. The Kier molecular flexibility index (Phi) is 10.4. The highest BCUT2D eigenvalue weighted by atomic mass is 35.5. The van der Waals surface area contributed by atoms with Gasteiger partial charge < -0.3 is 18.9 Å². The summed E-state index contributed by atoms with van der Waals surface area (Å²) in [7, 11) is 0.309. The van der Waals surface area contributed by atoms with Gasteiger partial charge >= 0.3 is 0 Å². The summed E-state index contributed by atoms with van der Waals surface area (Å²) in [4.78, 5) is 30.2. The van der Waals surface area contributed by atoms with E-state index in [0.29, 0.717) is 49.5 Å². The molecule has 1 aromatic heterocycles. The second-order valence-electron chi connectivity index (χ2n) is 15.0. The van der Waals surface area contributed by atoms with Crippen molar-refractivity contribution >= 4 is 49.6 Å². The van der Waals surface area contributed by atoms with E-state index in [4.69, 9.17) is 21.1 Å². The van der Waals surface area contributed by atoms with Gasteiger partial charge in [-0.1, -0.05) is 61.9 Å². The van der Waals surface area contributed by atoms with E-state index >= 15 is 0 Å². The van der Waals surface area contributed by atoms with E-state index in [9.17, 15) is 13.8 Å². The van der Waals surface area contributed by atoms with E-state index in [0.717, 1.165) is 40.9 Å². The molecule has 3 aromatic carbocycles. The number of rotatable bonds is 4. The van der Waals surface area contributed by atoms with Gasteiger partial charge in [-0.3, -0.25) is 9.59 Å². The van der Waals surface area contributed by atoms with Gasteiger partial charge in [0.05, 0.1) is 39.6 Å². The minimum atomic E-state index is -3.26. The Bertz CT molecular complexity index is 2170. The van der Waals surface area contributed by atoms with Crippen LogP contribution in [0.25, 0.3) is 10.9 Å². The molecule has 0 unspecified atom stereocenters. The lowest BCUT2D eigenvalue weighted by Crippen LogP contribution is -2.47. The molecule has 52 heavy (non-hydrogen) atoms. The van der Waals surface area contributed by atoms with Crippen LogP contribution in [-0.2, 0) is 33.3 Å². The smallest absolute Gasteiger partial charge is 0.285 e. The largest absolute Gasteiger partial charge is 0.490 e. The van der Waals surface area contributed by atoms with Crippen LogP contribution in [0.2, 0.25) is 5.02 Å². The van der Waals surface area contributed by atoms with Crippen LogP contribution in [0.3, 0.4) is 0 Å². The Balaban J connectivity index is 1.29. The fraction of sp³-hybridized carbons (Fsp3) is 0.429. The molecule has 1 amide bonds. The summed E-state index contributed by atoms with van der Waals surface area (Å²) < 4.78 is 33.5. The molecule has 0 radical (unpaired) electrons. The summed E-state index contributed by atoms with van der Waals surface area (Å²) in [5.41, 5.74) is 4.75. The number of carbonyl (C=O) groups excluding carboxylic acids is 2. The van der Waals surface area contributed by atoms with Crippen molar-refractivity contribution in [3.63, 3.8) is 0 Å². The van der Waals surface area contributed by atoms with E-state index in [1.165, 1.54) is 11.1 Å². The van der Waals surface area contributed by atoms with Crippen molar-refractivity contribution in [3.8, 4) is 5.75 Å². The number of anilines is 1. The maximum Gasteiger partial charge on any atom is 0.285 e. The van der Waals surface area contributed by atoms with E-state index in [2.05, 4.69) is 47.4 Å². The van der Waals surface area contributed by atoms with Crippen LogP contribution in [0.1, 0.15) is 71.5 Å². The fourth-order valence-corrected chi connectivity index (χ4v) is 10.5. The standard InChI is InChI=1S/C42H48ClN3O5S/c1-28-24-46-26-42(19-10-12-30-21-33(43)16-17-34(30)42)27-51-40-18-15-32(23-37(40)46)41(48)44-52(49,20-9-5-6-14-39(50-4)29(28)2)25-38(47)36-22-31-11-7-8-13-35(31)45(36)3/h6-8,11,13-18,21-23,28-29,39H,5,9-10,12,19-20,24-27H2,1-4H3/b14-6+/t28-,29+,39-,42-,52+/m0/s1. The Morgan fingerprint density at radius 3 is 2.73 bits per heavy atom. The third kappa shape index (κ3) is 7.20. The molecule has 4 aromatic rings. The number of methoxy groups -OCH3 is 1. The summed E-state index contributed by atoms with van der Waals surface area (Å²) >= 11 is 6.46. The van der Waals surface area contributed by atoms with Gasteiger partial charge in [-0.25, -0.2) is 4.21 Å². The minimum Gasteiger partial charge on any atom is -0.490 e. The first-order chi connectivity index (χ1) is 25.0. The highest BCUT2D eigenvalue weighted by molar-refractivity contribution is 7.94. The van der Waals surface area contributed by atoms with E-state index in [1.807, 2.05) is 60.1 Å². The first-order valence-corrected chi connectivity index (χ1v) is 20.6. The van der Waals surface area contributed by atoms with Crippen LogP contribution in [0.5, 0.6) is 5.75 Å². The van der Waals surface area contributed by atoms with Crippen LogP contribution in [0, 0.1) is 11.8 Å². The molecular weight excluding hydrogens is 694 g/mol. The molecule has 7 rings (SSSR count). The van der Waals surface area contributed by atoms with Gasteiger partial charge in [-0.05, 0) is 97.5 Å². The van der Waals surface area contributed by atoms with E-state index in [1.54, 1.807) is 13.2 Å². The second kappa shape index (κ2) is 14.8. The number of benzene rings is 3. The van der Waals surface area contributed by atoms with Crippen molar-refractivity contribution in [2.24, 2.45) is 23.2 Å². The molecule has 3 aliphatic rings. The number of Topliss-reactive ketones (excluding diaryl/α,β-unsaturated/α-hetero) is 1. The third-order valence-electron chi connectivity index (χ3n) is 11.5. The highest BCUT2D eigenvalue weighted by Gasteiger charge is 2.42. The van der Waals surface area contributed by atoms with E-state index in [-0.39, 0.29) is 40.6 Å². The van der Waals surface area contributed by atoms with Gasteiger partial charge in [0.1, 0.15) is 5.75 Å². The first kappa shape index (κ1) is 36.4. The number of para-hydroxylation sites is 1. The van der Waals surface area contributed by atoms with Gasteiger partial charge in [-0.2, -0.15) is 4.36 Å². The van der Waals surface area contributed by atoms with Crippen LogP contribution in [-0.4, -0.2) is 64.9 Å². The Morgan fingerprint density at radius 2 is 1.92 bits per heavy atom. The molecule has 10 heteroatoms. The molecule has 0 saturated heterocycles. The van der Waals surface area contributed by atoms with Crippen LogP contribution >= 0.6 is 11.6 Å². The number of nitrogens with zero attached hydrogens (tertiary/aromatic N) is 3. The zero-order chi connectivity index (χ0) is 36.6. The lowest BCUT2D eigenvalue weighted by molar-refractivity contribution is 0.0744. The Morgan fingerprint density at radius 1 is 1.10 bits per heavy atom. The monoisotopic (exact) mass is 741 g/mol.